The molecule has 1 rings (SSSR count). The molecule has 0 bridgehead atoms. The van der Waals surface area contributed by atoms with Crippen molar-refractivity contribution < 1.29 is 4.39 Å². The molecule has 0 spiro atoms. The first-order chi connectivity index (χ1) is 5.74. The Labute approximate surface area is 70.6 Å². The molecule has 3 heteroatoms. The van der Waals surface area contributed by atoms with Crippen LogP contribution >= 0.6 is 0 Å². The van der Waals surface area contributed by atoms with Crippen molar-refractivity contribution in [3.05, 3.63) is 34.5 Å². The number of aryl methyl sites for hydroxylation is 1. The Kier molecular flexibility index (Phi) is 3.02. The quantitative estimate of drug-likeness (QED) is 0.676. The zero-order valence-corrected chi connectivity index (χ0v) is 7.09. The van der Waals surface area contributed by atoms with Gasteiger partial charge in [-0.1, -0.05) is 13.3 Å². The van der Waals surface area contributed by atoms with E-state index in [4.69, 9.17) is 0 Å². The number of pyridine rings is 1. The smallest absolute Gasteiger partial charge is 0.250 e. The number of nitrogens with zero attached hydrogens (tertiary/aromatic N) is 1. The van der Waals surface area contributed by atoms with Gasteiger partial charge in [0, 0.05) is 18.8 Å². The van der Waals surface area contributed by atoms with Crippen LogP contribution in [0.5, 0.6) is 0 Å². The highest BCUT2D eigenvalue weighted by Gasteiger charge is 1.96. The maximum atomic E-state index is 12.6. The second-order valence-electron chi connectivity index (χ2n) is 2.73. The minimum Gasteiger partial charge on any atom is -0.313 e. The summed E-state index contributed by atoms with van der Waals surface area (Å²) in [5, 5.41) is 0. The first kappa shape index (κ1) is 8.97. The number of hydrogen-bond donors (Lipinski definition) is 0. The highest BCUT2D eigenvalue weighted by atomic mass is 19.1. The molecule has 0 atom stereocenters. The minimum atomic E-state index is -0.356. The van der Waals surface area contributed by atoms with Gasteiger partial charge in [0.25, 0.3) is 5.56 Å². The second-order valence-corrected chi connectivity index (χ2v) is 2.73. The molecule has 0 aliphatic carbocycles. The molecule has 66 valence electrons. The highest BCUT2D eigenvalue weighted by molar-refractivity contribution is 4.96. The van der Waals surface area contributed by atoms with Gasteiger partial charge in [0.05, 0.1) is 0 Å². The topological polar surface area (TPSA) is 22.0 Å². The summed E-state index contributed by atoms with van der Waals surface area (Å²) in [5.74, 6) is -0.356. The summed E-state index contributed by atoms with van der Waals surface area (Å²) in [6.07, 6.45) is 3.16. The first-order valence-corrected chi connectivity index (χ1v) is 4.10. The van der Waals surface area contributed by atoms with Crippen molar-refractivity contribution in [1.82, 2.24) is 4.57 Å². The third-order valence-electron chi connectivity index (χ3n) is 1.70. The SMILES string of the molecule is CCCCn1cc(F)ccc1=O. The summed E-state index contributed by atoms with van der Waals surface area (Å²) in [6, 6.07) is 2.44. The Balaban J connectivity index is 2.83. The number of halogens is 1. The lowest BCUT2D eigenvalue weighted by molar-refractivity contribution is 0.561. The number of unbranched alkanes of at least 4 members (excludes halogenated alkanes) is 1. The Bertz CT molecular complexity index is 306. The van der Waals surface area contributed by atoms with E-state index in [-0.39, 0.29) is 11.4 Å². The van der Waals surface area contributed by atoms with Gasteiger partial charge in [0.1, 0.15) is 5.82 Å². The summed E-state index contributed by atoms with van der Waals surface area (Å²) < 4.78 is 14.0. The molecule has 0 aliphatic heterocycles. The molecule has 1 heterocycles. The molecule has 0 radical (unpaired) electrons. The van der Waals surface area contributed by atoms with Crippen LogP contribution < -0.4 is 5.56 Å². The average Bonchev–Trinajstić information content (AvgIpc) is 2.07. The van der Waals surface area contributed by atoms with Crippen LogP contribution in [0.25, 0.3) is 0 Å². The van der Waals surface area contributed by atoms with Crippen LogP contribution in [0.1, 0.15) is 19.8 Å². The third-order valence-corrected chi connectivity index (χ3v) is 1.70. The van der Waals surface area contributed by atoms with E-state index in [1.54, 1.807) is 0 Å². The molecule has 2 nitrogen and oxygen atoms in total. The van der Waals surface area contributed by atoms with Gasteiger partial charge in [-0.15, -0.1) is 0 Å². The Morgan fingerprint density at radius 1 is 1.50 bits per heavy atom. The van der Waals surface area contributed by atoms with Crippen LogP contribution in [0.15, 0.2) is 23.1 Å². The second kappa shape index (κ2) is 4.04. The average molecular weight is 169 g/mol. The van der Waals surface area contributed by atoms with E-state index < -0.39 is 0 Å². The van der Waals surface area contributed by atoms with Gasteiger partial charge in [-0.25, -0.2) is 4.39 Å². The lowest BCUT2D eigenvalue weighted by Crippen LogP contribution is -2.18. The molecule has 1 aromatic rings. The molecular formula is C9H12FNO. The van der Waals surface area contributed by atoms with Crippen LogP contribution in [0.4, 0.5) is 4.39 Å². The standard InChI is InChI=1S/C9H12FNO/c1-2-3-6-11-7-8(10)4-5-9(11)12/h4-5,7H,2-3,6H2,1H3. The van der Waals surface area contributed by atoms with Crippen LogP contribution in [0, 0.1) is 5.82 Å². The van der Waals surface area contributed by atoms with Crippen LogP contribution in [0.3, 0.4) is 0 Å². The largest absolute Gasteiger partial charge is 0.313 e. The lowest BCUT2D eigenvalue weighted by Gasteiger charge is -2.02. The van der Waals surface area contributed by atoms with Crippen LogP contribution in [-0.2, 0) is 6.54 Å². The summed E-state index contributed by atoms with van der Waals surface area (Å²) in [6.45, 7) is 2.64. The van der Waals surface area contributed by atoms with E-state index in [0.717, 1.165) is 12.8 Å². The van der Waals surface area contributed by atoms with Gasteiger partial charge in [-0.3, -0.25) is 4.79 Å². The molecule has 0 fully saturated rings. The molecule has 0 N–H and O–H groups in total. The monoisotopic (exact) mass is 169 g/mol. The van der Waals surface area contributed by atoms with Crippen molar-refractivity contribution in [3.63, 3.8) is 0 Å². The third kappa shape index (κ3) is 2.19. The first-order valence-electron chi connectivity index (χ1n) is 4.10. The molecule has 0 unspecified atom stereocenters. The molecular weight excluding hydrogens is 157 g/mol. The van der Waals surface area contributed by atoms with E-state index in [2.05, 4.69) is 0 Å². The van der Waals surface area contributed by atoms with Crippen molar-refractivity contribution in [2.24, 2.45) is 0 Å². The van der Waals surface area contributed by atoms with Gasteiger partial charge >= 0.3 is 0 Å². The summed E-state index contributed by atoms with van der Waals surface area (Å²) in [5.41, 5.74) is -0.134. The molecule has 0 aromatic carbocycles. The normalized spacial score (nSPS) is 10.2. The molecule has 0 saturated heterocycles. The Hall–Kier alpha value is -1.12. The Morgan fingerprint density at radius 2 is 2.25 bits per heavy atom. The van der Waals surface area contributed by atoms with Gasteiger partial charge in [-0.2, -0.15) is 0 Å². The fourth-order valence-corrected chi connectivity index (χ4v) is 1.01. The zero-order valence-electron chi connectivity index (χ0n) is 7.09. The van der Waals surface area contributed by atoms with Crippen molar-refractivity contribution in [1.29, 1.82) is 0 Å². The van der Waals surface area contributed by atoms with Gasteiger partial charge in [0.15, 0.2) is 0 Å². The van der Waals surface area contributed by atoms with Gasteiger partial charge in [-0.05, 0) is 12.5 Å². The summed E-state index contributed by atoms with van der Waals surface area (Å²) in [4.78, 5) is 11.1. The van der Waals surface area contributed by atoms with E-state index in [1.807, 2.05) is 6.92 Å². The van der Waals surface area contributed by atoms with Gasteiger partial charge < -0.3 is 4.57 Å². The molecule has 0 amide bonds. The number of rotatable bonds is 3. The number of hydrogen-bond acceptors (Lipinski definition) is 1. The fraction of sp³-hybridized carbons (Fsp3) is 0.444. The van der Waals surface area contributed by atoms with E-state index in [0.29, 0.717) is 6.54 Å². The van der Waals surface area contributed by atoms with Crippen LogP contribution in [-0.4, -0.2) is 4.57 Å². The molecule has 12 heavy (non-hydrogen) atoms. The van der Waals surface area contributed by atoms with Crippen LogP contribution in [0.2, 0.25) is 0 Å². The van der Waals surface area contributed by atoms with E-state index >= 15 is 0 Å². The molecule has 0 saturated carbocycles. The van der Waals surface area contributed by atoms with E-state index in [1.165, 1.54) is 22.9 Å². The maximum absolute atomic E-state index is 12.6. The maximum Gasteiger partial charge on any atom is 0.250 e. The predicted molar refractivity (Wildman–Crippen MR) is 45.6 cm³/mol. The summed E-state index contributed by atoms with van der Waals surface area (Å²) >= 11 is 0. The fourth-order valence-electron chi connectivity index (χ4n) is 1.01. The predicted octanol–water partition coefficient (Wildman–Crippen LogP) is 1.79. The van der Waals surface area contributed by atoms with Gasteiger partial charge in [0.2, 0.25) is 0 Å². The van der Waals surface area contributed by atoms with Crippen molar-refractivity contribution >= 4 is 0 Å². The zero-order chi connectivity index (χ0) is 8.97. The highest BCUT2D eigenvalue weighted by Crippen LogP contribution is 1.95. The lowest BCUT2D eigenvalue weighted by atomic mass is 10.3. The van der Waals surface area contributed by atoms with Crippen molar-refractivity contribution in [2.75, 3.05) is 0 Å². The molecule has 0 aliphatic rings. The molecule has 1 aromatic heterocycles. The minimum absolute atomic E-state index is 0.134. The summed E-state index contributed by atoms with van der Waals surface area (Å²) in [7, 11) is 0. The Morgan fingerprint density at radius 3 is 2.92 bits per heavy atom. The van der Waals surface area contributed by atoms with E-state index in [9.17, 15) is 9.18 Å². The number of aromatic nitrogens is 1. The van der Waals surface area contributed by atoms with Crippen molar-refractivity contribution in [3.8, 4) is 0 Å². The van der Waals surface area contributed by atoms with Crippen molar-refractivity contribution in [2.45, 2.75) is 26.3 Å².